The van der Waals surface area contributed by atoms with Gasteiger partial charge in [0.25, 0.3) is 5.69 Å². The Morgan fingerprint density at radius 2 is 2.00 bits per heavy atom. The number of carbonyl (C=O) groups is 2. The smallest absolute Gasteiger partial charge is 0.311 e. The number of benzene rings is 2. The second kappa shape index (κ2) is 7.50. The summed E-state index contributed by atoms with van der Waals surface area (Å²) in [5.41, 5.74) is 1.96. The van der Waals surface area contributed by atoms with E-state index in [4.69, 9.17) is 4.74 Å². The van der Waals surface area contributed by atoms with E-state index in [9.17, 15) is 19.7 Å². The van der Waals surface area contributed by atoms with Crippen LogP contribution in [-0.2, 0) is 9.53 Å². The zero-order chi connectivity index (χ0) is 20.5. The van der Waals surface area contributed by atoms with Crippen molar-refractivity contribution in [2.75, 3.05) is 11.5 Å². The first-order valence-corrected chi connectivity index (χ1v) is 9.52. The number of rotatable bonds is 5. The average molecular weight is 392 g/mol. The molecule has 0 aromatic heterocycles. The summed E-state index contributed by atoms with van der Waals surface area (Å²) >= 11 is 0. The molecule has 2 aromatic carbocycles. The normalized spacial score (nSPS) is 22.0. The van der Waals surface area contributed by atoms with Gasteiger partial charge in [0.2, 0.25) is 0 Å². The van der Waals surface area contributed by atoms with Crippen LogP contribution in [0.3, 0.4) is 0 Å². The van der Waals surface area contributed by atoms with Gasteiger partial charge >= 0.3 is 5.97 Å². The molecule has 0 N–H and O–H groups in total. The lowest BCUT2D eigenvalue weighted by atomic mass is 9.95. The number of Topliss-reactive ketones (excluding diaryl/α,β-unsaturated/α-hetero) is 1. The molecule has 4 rings (SSSR count). The number of non-ortho nitro benzene ring substituents is 1. The summed E-state index contributed by atoms with van der Waals surface area (Å²) in [6, 6.07) is 12.5. The molecule has 0 amide bonds. The standard InChI is InChI=1S/C22H20N2O5/c1-2-29-22(26)17-13-20(21(25)15-7-5-8-16(12-15)24(27)28)23-18-9-4-3-6-14(18)10-11-19(17)23/h3-12,17,19-20H,2,13H2,1H3/t17-,19-,20+/m1/s1. The minimum absolute atomic E-state index is 0.133. The second-order valence-corrected chi connectivity index (χ2v) is 7.10. The maximum atomic E-state index is 13.4. The number of fused-ring (bicyclic) bond motifs is 3. The van der Waals surface area contributed by atoms with Crippen molar-refractivity contribution in [1.82, 2.24) is 0 Å². The fourth-order valence-corrected chi connectivity index (χ4v) is 4.20. The summed E-state index contributed by atoms with van der Waals surface area (Å²) in [4.78, 5) is 38.5. The van der Waals surface area contributed by atoms with Crippen LogP contribution in [0.4, 0.5) is 11.4 Å². The number of nitro benzene ring substituents is 1. The number of nitrogens with zero attached hydrogens (tertiary/aromatic N) is 2. The van der Waals surface area contributed by atoms with Crippen molar-refractivity contribution in [1.29, 1.82) is 0 Å². The fourth-order valence-electron chi connectivity index (χ4n) is 4.20. The van der Waals surface area contributed by atoms with Crippen LogP contribution >= 0.6 is 0 Å². The Labute approximate surface area is 167 Å². The van der Waals surface area contributed by atoms with E-state index in [-0.39, 0.29) is 35.7 Å². The van der Waals surface area contributed by atoms with E-state index in [1.807, 2.05) is 41.3 Å². The second-order valence-electron chi connectivity index (χ2n) is 7.10. The molecule has 7 heteroatoms. The van der Waals surface area contributed by atoms with Crippen LogP contribution in [0.25, 0.3) is 6.08 Å². The molecule has 2 aliphatic rings. The number of esters is 1. The number of carbonyl (C=O) groups excluding carboxylic acids is 2. The molecule has 0 aliphatic carbocycles. The largest absolute Gasteiger partial charge is 0.466 e. The van der Waals surface area contributed by atoms with E-state index in [1.54, 1.807) is 13.0 Å². The molecular formula is C22H20N2O5. The van der Waals surface area contributed by atoms with Gasteiger partial charge in [-0.15, -0.1) is 0 Å². The summed E-state index contributed by atoms with van der Waals surface area (Å²) in [6.45, 7) is 2.02. The first kappa shape index (κ1) is 18.9. The van der Waals surface area contributed by atoms with Gasteiger partial charge in [-0.2, -0.15) is 0 Å². The Bertz CT molecular complexity index is 1020. The number of para-hydroxylation sites is 1. The van der Waals surface area contributed by atoms with Crippen LogP contribution in [-0.4, -0.2) is 35.4 Å². The highest BCUT2D eigenvalue weighted by Gasteiger charge is 2.48. The minimum Gasteiger partial charge on any atom is -0.466 e. The van der Waals surface area contributed by atoms with Crippen LogP contribution in [0.1, 0.15) is 29.3 Å². The van der Waals surface area contributed by atoms with E-state index < -0.39 is 16.9 Å². The van der Waals surface area contributed by atoms with Crippen molar-refractivity contribution in [3.05, 3.63) is 75.8 Å². The number of hydrogen-bond donors (Lipinski definition) is 0. The lowest BCUT2D eigenvalue weighted by molar-refractivity contribution is -0.384. The quantitative estimate of drug-likeness (QED) is 0.334. The summed E-state index contributed by atoms with van der Waals surface area (Å²) in [6.07, 6.45) is 4.19. The topological polar surface area (TPSA) is 89.8 Å². The van der Waals surface area contributed by atoms with E-state index in [1.165, 1.54) is 18.2 Å². The molecule has 0 saturated carbocycles. The minimum atomic E-state index is -0.609. The Hall–Kier alpha value is -3.48. The maximum Gasteiger partial charge on any atom is 0.311 e. The Kier molecular flexibility index (Phi) is 4.88. The third-order valence-corrected chi connectivity index (χ3v) is 5.47. The van der Waals surface area contributed by atoms with Crippen LogP contribution in [0.5, 0.6) is 0 Å². The monoisotopic (exact) mass is 392 g/mol. The van der Waals surface area contributed by atoms with Crippen LogP contribution in [0, 0.1) is 16.0 Å². The van der Waals surface area contributed by atoms with Crippen molar-refractivity contribution in [3.63, 3.8) is 0 Å². The molecule has 29 heavy (non-hydrogen) atoms. The number of ether oxygens (including phenoxy) is 1. The molecule has 0 radical (unpaired) electrons. The van der Waals surface area contributed by atoms with Crippen molar-refractivity contribution in [2.45, 2.75) is 25.4 Å². The first-order valence-electron chi connectivity index (χ1n) is 9.52. The Balaban J connectivity index is 1.75. The highest BCUT2D eigenvalue weighted by Crippen LogP contribution is 2.42. The summed E-state index contributed by atoms with van der Waals surface area (Å²) in [5, 5.41) is 11.1. The molecule has 1 fully saturated rings. The highest BCUT2D eigenvalue weighted by molar-refractivity contribution is 6.04. The molecule has 2 heterocycles. The summed E-state index contributed by atoms with van der Waals surface area (Å²) in [5.74, 6) is -1.05. The van der Waals surface area contributed by atoms with Gasteiger partial charge in [-0.3, -0.25) is 19.7 Å². The molecular weight excluding hydrogens is 372 g/mol. The number of hydrogen-bond acceptors (Lipinski definition) is 6. The Morgan fingerprint density at radius 1 is 1.21 bits per heavy atom. The summed E-state index contributed by atoms with van der Waals surface area (Å²) < 4.78 is 5.25. The van der Waals surface area contributed by atoms with Crippen LogP contribution < -0.4 is 4.90 Å². The van der Waals surface area contributed by atoms with Gasteiger partial charge in [-0.25, -0.2) is 0 Å². The molecule has 0 spiro atoms. The van der Waals surface area contributed by atoms with Crippen molar-refractivity contribution in [3.8, 4) is 0 Å². The lowest BCUT2D eigenvalue weighted by Gasteiger charge is -2.35. The van der Waals surface area contributed by atoms with E-state index in [2.05, 4.69) is 0 Å². The van der Waals surface area contributed by atoms with Crippen molar-refractivity contribution < 1.29 is 19.2 Å². The predicted molar refractivity (Wildman–Crippen MR) is 108 cm³/mol. The number of ketones is 1. The zero-order valence-corrected chi connectivity index (χ0v) is 15.9. The van der Waals surface area contributed by atoms with Gasteiger partial charge in [0.05, 0.1) is 29.5 Å². The summed E-state index contributed by atoms with van der Waals surface area (Å²) in [7, 11) is 0. The molecule has 2 aromatic rings. The van der Waals surface area contributed by atoms with E-state index >= 15 is 0 Å². The van der Waals surface area contributed by atoms with Gasteiger partial charge < -0.3 is 9.64 Å². The van der Waals surface area contributed by atoms with Gasteiger partial charge in [0.1, 0.15) is 0 Å². The molecule has 7 nitrogen and oxygen atoms in total. The first-order chi connectivity index (χ1) is 14.0. The third-order valence-electron chi connectivity index (χ3n) is 5.47. The van der Waals surface area contributed by atoms with Crippen LogP contribution in [0.15, 0.2) is 54.6 Å². The molecule has 0 unspecified atom stereocenters. The molecule has 148 valence electrons. The fraction of sp³-hybridized carbons (Fsp3) is 0.273. The van der Waals surface area contributed by atoms with Crippen LogP contribution in [0.2, 0.25) is 0 Å². The maximum absolute atomic E-state index is 13.4. The lowest BCUT2D eigenvalue weighted by Crippen LogP contribution is -2.43. The van der Waals surface area contributed by atoms with Crippen molar-refractivity contribution >= 4 is 29.2 Å². The predicted octanol–water partition coefficient (Wildman–Crippen LogP) is 3.63. The van der Waals surface area contributed by atoms with E-state index in [0.717, 1.165) is 11.3 Å². The highest BCUT2D eigenvalue weighted by atomic mass is 16.6. The van der Waals surface area contributed by atoms with Gasteiger partial charge in [-0.1, -0.05) is 42.5 Å². The SMILES string of the molecule is CCOC(=O)[C@@H]1C[C@@H](C(=O)c2cccc([N+](=O)[O-])c2)N2c3ccccc3C=C[C@H]12. The van der Waals surface area contributed by atoms with Crippen molar-refractivity contribution in [2.24, 2.45) is 5.92 Å². The third kappa shape index (κ3) is 3.29. The number of anilines is 1. The molecule has 3 atom stereocenters. The molecule has 0 bridgehead atoms. The van der Waals surface area contributed by atoms with Gasteiger partial charge in [0, 0.05) is 23.4 Å². The number of nitro groups is 1. The Morgan fingerprint density at radius 3 is 2.76 bits per heavy atom. The average Bonchev–Trinajstić information content (AvgIpc) is 3.14. The zero-order valence-electron chi connectivity index (χ0n) is 15.9. The van der Waals surface area contributed by atoms with Gasteiger partial charge in [0.15, 0.2) is 5.78 Å². The molecule has 1 saturated heterocycles. The van der Waals surface area contributed by atoms with E-state index in [0.29, 0.717) is 6.42 Å². The van der Waals surface area contributed by atoms with Gasteiger partial charge in [-0.05, 0) is 25.0 Å². The molecule has 2 aliphatic heterocycles.